The Morgan fingerprint density at radius 1 is 1.11 bits per heavy atom. The van der Waals surface area contributed by atoms with Gasteiger partial charge in [0.25, 0.3) is 5.91 Å². The molecule has 1 rings (SSSR count). The molecular weight excluding hydrogens is 224 g/mol. The fourth-order valence-electron chi connectivity index (χ4n) is 1.74. The third-order valence-electron chi connectivity index (χ3n) is 2.88. The molecule has 3 heteroatoms. The van der Waals surface area contributed by atoms with E-state index in [4.69, 9.17) is 0 Å². The van der Waals surface area contributed by atoms with Crippen LogP contribution < -0.4 is 5.32 Å². The molecule has 1 aromatic carbocycles. The van der Waals surface area contributed by atoms with Crippen LogP contribution in [-0.4, -0.2) is 38.0 Å². The molecule has 3 nitrogen and oxygen atoms in total. The summed E-state index contributed by atoms with van der Waals surface area (Å²) in [6, 6.07) is 7.67. The summed E-state index contributed by atoms with van der Waals surface area (Å²) in [4.78, 5) is 14.0. The zero-order valence-corrected chi connectivity index (χ0v) is 11.7. The van der Waals surface area contributed by atoms with Crippen molar-refractivity contribution in [2.45, 2.75) is 26.2 Å². The third-order valence-corrected chi connectivity index (χ3v) is 2.88. The standard InChI is InChI=1S/C15H24N2O/c1-13-7-9-14(10-8-13)15(18)16-11-5-4-6-12-17(2)3/h7-10H,4-6,11-12H2,1-3H3,(H,16,18). The second-order valence-electron chi connectivity index (χ2n) is 4.99. The van der Waals surface area contributed by atoms with Crippen LogP contribution in [0.2, 0.25) is 0 Å². The van der Waals surface area contributed by atoms with Crippen molar-refractivity contribution in [1.82, 2.24) is 10.2 Å². The topological polar surface area (TPSA) is 32.3 Å². The molecule has 0 saturated heterocycles. The van der Waals surface area contributed by atoms with E-state index in [0.29, 0.717) is 0 Å². The maximum absolute atomic E-state index is 11.8. The summed E-state index contributed by atoms with van der Waals surface area (Å²) < 4.78 is 0. The Morgan fingerprint density at radius 2 is 1.78 bits per heavy atom. The number of hydrogen-bond donors (Lipinski definition) is 1. The Kier molecular flexibility index (Phi) is 6.44. The molecule has 0 atom stereocenters. The maximum atomic E-state index is 11.8. The van der Waals surface area contributed by atoms with Crippen LogP contribution in [0.25, 0.3) is 0 Å². The number of benzene rings is 1. The van der Waals surface area contributed by atoms with Crippen LogP contribution in [0.15, 0.2) is 24.3 Å². The van der Waals surface area contributed by atoms with Crippen LogP contribution in [-0.2, 0) is 0 Å². The molecule has 0 aliphatic carbocycles. The lowest BCUT2D eigenvalue weighted by atomic mass is 10.1. The molecule has 18 heavy (non-hydrogen) atoms. The summed E-state index contributed by atoms with van der Waals surface area (Å²) in [5, 5.41) is 2.95. The van der Waals surface area contributed by atoms with Crippen molar-refractivity contribution in [2.24, 2.45) is 0 Å². The summed E-state index contributed by atoms with van der Waals surface area (Å²) in [5.41, 5.74) is 1.92. The van der Waals surface area contributed by atoms with Gasteiger partial charge >= 0.3 is 0 Å². The Balaban J connectivity index is 2.16. The molecule has 1 amide bonds. The van der Waals surface area contributed by atoms with Gasteiger partial charge in [0.15, 0.2) is 0 Å². The zero-order chi connectivity index (χ0) is 13.4. The number of carbonyl (C=O) groups is 1. The number of carbonyl (C=O) groups excluding carboxylic acids is 1. The Bertz CT molecular complexity index is 357. The van der Waals surface area contributed by atoms with Crippen molar-refractivity contribution < 1.29 is 4.79 Å². The minimum absolute atomic E-state index is 0.0302. The summed E-state index contributed by atoms with van der Waals surface area (Å²) in [6.07, 6.45) is 3.39. The average molecular weight is 248 g/mol. The van der Waals surface area contributed by atoms with Gasteiger partial charge in [-0.25, -0.2) is 0 Å². The minimum Gasteiger partial charge on any atom is -0.352 e. The average Bonchev–Trinajstić information content (AvgIpc) is 2.34. The Labute approximate surface area is 110 Å². The summed E-state index contributed by atoms with van der Waals surface area (Å²) in [5.74, 6) is 0.0302. The number of unbranched alkanes of at least 4 members (excludes halogenated alkanes) is 2. The molecule has 0 aromatic heterocycles. The molecule has 1 N–H and O–H groups in total. The van der Waals surface area contributed by atoms with Crippen molar-refractivity contribution in [3.05, 3.63) is 35.4 Å². The number of rotatable bonds is 7. The van der Waals surface area contributed by atoms with Gasteiger partial charge in [-0.3, -0.25) is 4.79 Å². The highest BCUT2D eigenvalue weighted by molar-refractivity contribution is 5.94. The normalized spacial score (nSPS) is 10.7. The second kappa shape index (κ2) is 7.88. The van der Waals surface area contributed by atoms with Gasteiger partial charge in [-0.05, 0) is 52.5 Å². The van der Waals surface area contributed by atoms with Gasteiger partial charge in [-0.15, -0.1) is 0 Å². The fourth-order valence-corrected chi connectivity index (χ4v) is 1.74. The first-order chi connectivity index (χ1) is 8.59. The van der Waals surface area contributed by atoms with E-state index in [1.807, 2.05) is 31.2 Å². The SMILES string of the molecule is Cc1ccc(C(=O)NCCCCCN(C)C)cc1. The van der Waals surface area contributed by atoms with Crippen LogP contribution in [0.4, 0.5) is 0 Å². The van der Waals surface area contributed by atoms with Crippen LogP contribution in [0, 0.1) is 6.92 Å². The van der Waals surface area contributed by atoms with Gasteiger partial charge in [-0.1, -0.05) is 24.1 Å². The minimum atomic E-state index is 0.0302. The van der Waals surface area contributed by atoms with Crippen molar-refractivity contribution in [1.29, 1.82) is 0 Å². The highest BCUT2D eigenvalue weighted by Gasteiger charge is 2.03. The molecule has 1 aromatic rings. The van der Waals surface area contributed by atoms with Crippen molar-refractivity contribution >= 4 is 5.91 Å². The molecule has 0 heterocycles. The number of nitrogens with one attached hydrogen (secondary N) is 1. The lowest BCUT2D eigenvalue weighted by molar-refractivity contribution is 0.0953. The van der Waals surface area contributed by atoms with Gasteiger partial charge in [0.05, 0.1) is 0 Å². The van der Waals surface area contributed by atoms with E-state index in [-0.39, 0.29) is 5.91 Å². The lowest BCUT2D eigenvalue weighted by Crippen LogP contribution is -2.24. The van der Waals surface area contributed by atoms with E-state index in [2.05, 4.69) is 24.3 Å². The van der Waals surface area contributed by atoms with Crippen LogP contribution in [0.1, 0.15) is 35.2 Å². The van der Waals surface area contributed by atoms with Crippen LogP contribution >= 0.6 is 0 Å². The van der Waals surface area contributed by atoms with Crippen molar-refractivity contribution in [2.75, 3.05) is 27.2 Å². The van der Waals surface area contributed by atoms with E-state index in [0.717, 1.165) is 31.5 Å². The number of hydrogen-bond acceptors (Lipinski definition) is 2. The van der Waals surface area contributed by atoms with E-state index in [1.54, 1.807) is 0 Å². The van der Waals surface area contributed by atoms with Gasteiger partial charge in [0.2, 0.25) is 0 Å². The molecule has 0 aliphatic rings. The Hall–Kier alpha value is -1.35. The quantitative estimate of drug-likeness (QED) is 0.752. The third kappa shape index (κ3) is 5.82. The summed E-state index contributed by atoms with van der Waals surface area (Å²) in [7, 11) is 4.17. The van der Waals surface area contributed by atoms with Gasteiger partial charge in [0, 0.05) is 12.1 Å². The first kappa shape index (κ1) is 14.7. The molecular formula is C15H24N2O. The van der Waals surface area contributed by atoms with E-state index >= 15 is 0 Å². The largest absolute Gasteiger partial charge is 0.352 e. The molecule has 0 bridgehead atoms. The molecule has 0 unspecified atom stereocenters. The van der Waals surface area contributed by atoms with Gasteiger partial charge in [0.1, 0.15) is 0 Å². The fraction of sp³-hybridized carbons (Fsp3) is 0.533. The monoisotopic (exact) mass is 248 g/mol. The van der Waals surface area contributed by atoms with Crippen LogP contribution in [0.3, 0.4) is 0 Å². The summed E-state index contributed by atoms with van der Waals surface area (Å²) >= 11 is 0. The number of aryl methyl sites for hydroxylation is 1. The molecule has 0 fully saturated rings. The van der Waals surface area contributed by atoms with Crippen LogP contribution in [0.5, 0.6) is 0 Å². The highest BCUT2D eigenvalue weighted by Crippen LogP contribution is 2.03. The molecule has 0 saturated carbocycles. The second-order valence-corrected chi connectivity index (χ2v) is 4.99. The van der Waals surface area contributed by atoms with E-state index < -0.39 is 0 Å². The highest BCUT2D eigenvalue weighted by atomic mass is 16.1. The first-order valence-electron chi connectivity index (χ1n) is 6.59. The smallest absolute Gasteiger partial charge is 0.251 e. The molecule has 0 aliphatic heterocycles. The zero-order valence-electron chi connectivity index (χ0n) is 11.7. The predicted octanol–water partition coefficient (Wildman–Crippen LogP) is 2.46. The number of amides is 1. The van der Waals surface area contributed by atoms with Gasteiger partial charge < -0.3 is 10.2 Å². The van der Waals surface area contributed by atoms with E-state index in [1.165, 1.54) is 12.0 Å². The number of nitrogens with zero attached hydrogens (tertiary/aromatic N) is 1. The predicted molar refractivity (Wildman–Crippen MR) is 75.9 cm³/mol. The molecule has 0 spiro atoms. The van der Waals surface area contributed by atoms with Crippen molar-refractivity contribution in [3.8, 4) is 0 Å². The molecule has 0 radical (unpaired) electrons. The van der Waals surface area contributed by atoms with Crippen molar-refractivity contribution in [3.63, 3.8) is 0 Å². The maximum Gasteiger partial charge on any atom is 0.251 e. The first-order valence-corrected chi connectivity index (χ1v) is 6.59. The lowest BCUT2D eigenvalue weighted by Gasteiger charge is -2.09. The summed E-state index contributed by atoms with van der Waals surface area (Å²) in [6.45, 7) is 3.90. The molecule has 100 valence electrons. The Morgan fingerprint density at radius 3 is 2.39 bits per heavy atom. The van der Waals surface area contributed by atoms with Gasteiger partial charge in [-0.2, -0.15) is 0 Å². The van der Waals surface area contributed by atoms with E-state index in [9.17, 15) is 4.79 Å².